The van der Waals surface area contributed by atoms with Gasteiger partial charge in [-0.15, -0.1) is 0 Å². The highest BCUT2D eigenvalue weighted by Gasteiger charge is 3.01. The van der Waals surface area contributed by atoms with Crippen LogP contribution in [0, 0.1) is 28.6 Å². The molecule has 0 radical (unpaired) electrons. The monoisotopic (exact) mass is 134 g/mol. The molecule has 0 nitrogen and oxygen atoms in total. The quantitative estimate of drug-likeness (QED) is 0.477. The van der Waals surface area contributed by atoms with E-state index in [0.717, 1.165) is 10.8 Å². The molecule has 2 bridgehead atoms. The zero-order valence-electron chi connectivity index (χ0n) is 6.56. The molecule has 0 N–H and O–H groups in total. The predicted octanol–water partition coefficient (Wildman–Crippen LogP) is 2.44. The molecule has 2 unspecified atom stereocenters. The Balaban J connectivity index is 1.82. The second-order valence-corrected chi connectivity index (χ2v) is 5.22. The van der Waals surface area contributed by atoms with Crippen LogP contribution in [0.4, 0.5) is 0 Å². The molecule has 5 fully saturated rings. The van der Waals surface area contributed by atoms with Crippen LogP contribution in [0.3, 0.4) is 0 Å². The van der Waals surface area contributed by atoms with Gasteiger partial charge in [-0.2, -0.15) is 0 Å². The number of rotatable bonds is 0. The van der Waals surface area contributed by atoms with E-state index in [0.29, 0.717) is 0 Å². The number of hydrogen-bond donors (Lipinski definition) is 0. The fourth-order valence-corrected chi connectivity index (χ4v) is 4.91. The van der Waals surface area contributed by atoms with Crippen molar-refractivity contribution in [2.24, 2.45) is 28.6 Å². The molecule has 2 atom stereocenters. The molecule has 0 aliphatic heterocycles. The summed E-state index contributed by atoms with van der Waals surface area (Å²) in [7, 11) is 0. The Bertz CT molecular complexity index is 212. The lowest BCUT2D eigenvalue weighted by Gasteiger charge is -2.57. The number of hydrogen-bond acceptors (Lipinski definition) is 0. The van der Waals surface area contributed by atoms with Crippen LogP contribution in [0.1, 0.15) is 32.6 Å². The van der Waals surface area contributed by atoms with Crippen molar-refractivity contribution >= 4 is 0 Å². The van der Waals surface area contributed by atoms with Crippen LogP contribution in [0.15, 0.2) is 0 Å². The summed E-state index contributed by atoms with van der Waals surface area (Å²) in [5.41, 5.74) is 1.87. The largest absolute Gasteiger partial charge is 0.0585 e. The van der Waals surface area contributed by atoms with Crippen LogP contribution in [0.25, 0.3) is 0 Å². The third-order valence-electron chi connectivity index (χ3n) is 5.50. The average molecular weight is 134 g/mol. The Morgan fingerprint density at radius 3 is 2.00 bits per heavy atom. The topological polar surface area (TPSA) is 0 Å². The molecule has 0 aromatic heterocycles. The maximum atomic E-state index is 2.56. The van der Waals surface area contributed by atoms with E-state index in [4.69, 9.17) is 0 Å². The first-order chi connectivity index (χ1) is 4.82. The Morgan fingerprint density at radius 2 is 1.60 bits per heavy atom. The smallest absolute Gasteiger partial charge is 0.0198 e. The van der Waals surface area contributed by atoms with E-state index in [2.05, 4.69) is 6.92 Å². The first-order valence-electron chi connectivity index (χ1n) is 4.82. The van der Waals surface area contributed by atoms with Gasteiger partial charge < -0.3 is 0 Å². The Morgan fingerprint density at radius 1 is 1.00 bits per heavy atom. The Kier molecular flexibility index (Phi) is 0.442. The van der Waals surface area contributed by atoms with E-state index in [1.54, 1.807) is 25.7 Å². The summed E-state index contributed by atoms with van der Waals surface area (Å²) in [6.07, 6.45) is 6.29. The normalized spacial score (nSPS) is 71.1. The summed E-state index contributed by atoms with van der Waals surface area (Å²) in [6.45, 7) is 2.56. The van der Waals surface area contributed by atoms with E-state index in [1.165, 1.54) is 17.8 Å². The molecule has 0 heterocycles. The summed E-state index contributed by atoms with van der Waals surface area (Å²) in [5.74, 6) is 3.77. The predicted molar refractivity (Wildman–Crippen MR) is 39.5 cm³/mol. The molecule has 10 heavy (non-hydrogen) atoms. The van der Waals surface area contributed by atoms with Crippen LogP contribution in [0.5, 0.6) is 0 Å². The van der Waals surface area contributed by atoms with Crippen molar-refractivity contribution in [3.8, 4) is 0 Å². The van der Waals surface area contributed by atoms with Crippen LogP contribution in [-0.4, -0.2) is 0 Å². The fraction of sp³-hybridized carbons (Fsp3) is 1.00. The van der Waals surface area contributed by atoms with Crippen LogP contribution < -0.4 is 0 Å². The van der Waals surface area contributed by atoms with Gasteiger partial charge in [0.1, 0.15) is 0 Å². The van der Waals surface area contributed by atoms with E-state index in [1.807, 2.05) is 0 Å². The Hall–Kier alpha value is 0. The molecule has 5 aliphatic rings. The second kappa shape index (κ2) is 0.922. The first kappa shape index (κ1) is 4.79. The maximum Gasteiger partial charge on any atom is -0.0198 e. The maximum absolute atomic E-state index is 2.56. The van der Waals surface area contributed by atoms with Crippen molar-refractivity contribution in [1.82, 2.24) is 0 Å². The molecule has 0 amide bonds. The van der Waals surface area contributed by atoms with Crippen molar-refractivity contribution in [3.05, 3.63) is 0 Å². The molecule has 5 rings (SSSR count). The third-order valence-corrected chi connectivity index (χ3v) is 5.50. The molecule has 5 saturated carbocycles. The van der Waals surface area contributed by atoms with Crippen LogP contribution >= 0.6 is 0 Å². The van der Waals surface area contributed by atoms with Gasteiger partial charge in [-0.3, -0.25) is 0 Å². The summed E-state index contributed by atoms with van der Waals surface area (Å²) < 4.78 is 0. The first-order valence-corrected chi connectivity index (χ1v) is 4.82. The summed E-state index contributed by atoms with van der Waals surface area (Å²) >= 11 is 0. The van der Waals surface area contributed by atoms with Crippen LogP contribution in [0.2, 0.25) is 0 Å². The lowest BCUT2D eigenvalue weighted by atomic mass is 9.47. The van der Waals surface area contributed by atoms with Crippen LogP contribution in [-0.2, 0) is 0 Å². The van der Waals surface area contributed by atoms with Gasteiger partial charge in [-0.25, -0.2) is 0 Å². The highest BCUT2D eigenvalue weighted by Crippen LogP contribution is 3.05. The lowest BCUT2D eigenvalue weighted by molar-refractivity contribution is -0.0995. The SMILES string of the molecule is CC12C3C(C31)C21CCCC1. The van der Waals surface area contributed by atoms with Crippen molar-refractivity contribution < 1.29 is 0 Å². The summed E-state index contributed by atoms with van der Waals surface area (Å²) in [5, 5.41) is 0. The zero-order valence-corrected chi connectivity index (χ0v) is 6.56. The van der Waals surface area contributed by atoms with E-state index >= 15 is 0 Å². The van der Waals surface area contributed by atoms with Gasteiger partial charge in [0, 0.05) is 0 Å². The minimum atomic E-state index is 0.925. The molecule has 0 aromatic rings. The molecule has 54 valence electrons. The van der Waals surface area contributed by atoms with E-state index < -0.39 is 0 Å². The fourth-order valence-electron chi connectivity index (χ4n) is 4.91. The Labute approximate surface area is 62.0 Å². The highest BCUT2D eigenvalue weighted by molar-refractivity contribution is 5.48. The van der Waals surface area contributed by atoms with Gasteiger partial charge >= 0.3 is 0 Å². The molecule has 1 spiro atoms. The van der Waals surface area contributed by atoms with Gasteiger partial charge in [0.25, 0.3) is 0 Å². The molecular weight excluding hydrogens is 120 g/mol. The molecular formula is C10H14. The molecule has 5 aliphatic carbocycles. The van der Waals surface area contributed by atoms with Gasteiger partial charge in [0.15, 0.2) is 0 Å². The molecule has 0 heteroatoms. The zero-order chi connectivity index (χ0) is 6.56. The average Bonchev–Trinajstić information content (AvgIpc) is 2.72. The minimum Gasteiger partial charge on any atom is -0.0585 e. The lowest BCUT2D eigenvalue weighted by Crippen LogP contribution is -2.52. The van der Waals surface area contributed by atoms with Crippen molar-refractivity contribution in [3.63, 3.8) is 0 Å². The molecule has 0 saturated heterocycles. The van der Waals surface area contributed by atoms with E-state index in [-0.39, 0.29) is 0 Å². The highest BCUT2D eigenvalue weighted by atomic mass is 15.0. The minimum absolute atomic E-state index is 0.925. The van der Waals surface area contributed by atoms with Gasteiger partial charge in [0.05, 0.1) is 0 Å². The second-order valence-electron chi connectivity index (χ2n) is 5.22. The van der Waals surface area contributed by atoms with Gasteiger partial charge in [-0.1, -0.05) is 19.8 Å². The summed E-state index contributed by atoms with van der Waals surface area (Å²) in [4.78, 5) is 0. The van der Waals surface area contributed by atoms with Crippen molar-refractivity contribution in [2.75, 3.05) is 0 Å². The molecule has 0 aromatic carbocycles. The van der Waals surface area contributed by atoms with Crippen molar-refractivity contribution in [1.29, 1.82) is 0 Å². The van der Waals surface area contributed by atoms with E-state index in [9.17, 15) is 0 Å². The van der Waals surface area contributed by atoms with Gasteiger partial charge in [0.2, 0.25) is 0 Å². The van der Waals surface area contributed by atoms with Crippen molar-refractivity contribution in [2.45, 2.75) is 32.6 Å². The standard InChI is InChI=1S/C10H14/c1-9-6-7(9)8(6)10(9)4-2-3-5-10/h6-8H,2-5H2,1H3. The third kappa shape index (κ3) is 0.202. The summed E-state index contributed by atoms with van der Waals surface area (Å²) in [6, 6.07) is 0. The van der Waals surface area contributed by atoms with Gasteiger partial charge in [-0.05, 0) is 41.4 Å².